The van der Waals surface area contributed by atoms with Crippen LogP contribution in [0, 0.1) is 0 Å². The van der Waals surface area contributed by atoms with Crippen molar-refractivity contribution >= 4 is 34.4 Å². The molecule has 0 atom stereocenters. The standard InChI is InChI=1S/C17H13ClN2O4/c18-14-6-15-12(13(7-20-15)17(22)23)5-11(14)9-1-3-10(4-2-9)24-8-16(19)21/h1-7,20H,8H2,(H2,19,21)(H,22,23). The van der Waals surface area contributed by atoms with Gasteiger partial charge in [-0.25, -0.2) is 4.79 Å². The van der Waals surface area contributed by atoms with E-state index in [0.29, 0.717) is 27.2 Å². The van der Waals surface area contributed by atoms with Gasteiger partial charge in [0.15, 0.2) is 6.61 Å². The molecule has 2 aromatic carbocycles. The van der Waals surface area contributed by atoms with Crippen LogP contribution in [0.4, 0.5) is 0 Å². The summed E-state index contributed by atoms with van der Waals surface area (Å²) in [5.74, 6) is -1.06. The van der Waals surface area contributed by atoms with E-state index in [0.717, 1.165) is 5.56 Å². The minimum absolute atomic E-state index is 0.185. The minimum atomic E-state index is -1.01. The van der Waals surface area contributed by atoms with Crippen molar-refractivity contribution in [2.45, 2.75) is 0 Å². The second kappa shape index (κ2) is 6.25. The number of aromatic amines is 1. The molecule has 3 aromatic rings. The van der Waals surface area contributed by atoms with E-state index >= 15 is 0 Å². The number of carbonyl (C=O) groups is 2. The lowest BCUT2D eigenvalue weighted by Gasteiger charge is -2.08. The number of H-pyrrole nitrogens is 1. The lowest BCUT2D eigenvalue weighted by Crippen LogP contribution is -2.19. The summed E-state index contributed by atoms with van der Waals surface area (Å²) in [6.07, 6.45) is 1.44. The predicted octanol–water partition coefficient (Wildman–Crippen LogP) is 3.05. The molecular formula is C17H13ClN2O4. The fourth-order valence-corrected chi connectivity index (χ4v) is 2.70. The number of aromatic carboxylic acids is 1. The zero-order chi connectivity index (χ0) is 17.3. The summed E-state index contributed by atoms with van der Waals surface area (Å²) in [4.78, 5) is 24.9. The third kappa shape index (κ3) is 3.04. The summed E-state index contributed by atoms with van der Waals surface area (Å²) in [5, 5.41) is 10.3. The maximum Gasteiger partial charge on any atom is 0.337 e. The number of primary amides is 1. The molecular weight excluding hydrogens is 332 g/mol. The van der Waals surface area contributed by atoms with Crippen molar-refractivity contribution in [1.82, 2.24) is 4.98 Å². The molecule has 0 unspecified atom stereocenters. The molecule has 4 N–H and O–H groups in total. The maximum atomic E-state index is 11.3. The average Bonchev–Trinajstić information content (AvgIpc) is 2.95. The zero-order valence-electron chi connectivity index (χ0n) is 12.4. The van der Waals surface area contributed by atoms with Gasteiger partial charge in [0.2, 0.25) is 0 Å². The molecule has 1 aromatic heterocycles. The molecule has 6 nitrogen and oxygen atoms in total. The highest BCUT2D eigenvalue weighted by Crippen LogP contribution is 2.34. The van der Waals surface area contributed by atoms with E-state index in [2.05, 4.69) is 4.98 Å². The number of carboxylic acids is 1. The van der Waals surface area contributed by atoms with Gasteiger partial charge < -0.3 is 20.6 Å². The first-order chi connectivity index (χ1) is 11.5. The van der Waals surface area contributed by atoms with E-state index in [-0.39, 0.29) is 12.2 Å². The van der Waals surface area contributed by atoms with E-state index in [9.17, 15) is 14.7 Å². The predicted molar refractivity (Wildman–Crippen MR) is 90.4 cm³/mol. The monoisotopic (exact) mass is 344 g/mol. The van der Waals surface area contributed by atoms with Crippen LogP contribution in [0.15, 0.2) is 42.6 Å². The van der Waals surface area contributed by atoms with Crippen molar-refractivity contribution < 1.29 is 19.4 Å². The number of fused-ring (bicyclic) bond motifs is 1. The molecule has 0 aliphatic carbocycles. The van der Waals surface area contributed by atoms with E-state index in [1.807, 2.05) is 0 Å². The Kier molecular flexibility index (Phi) is 4.14. The van der Waals surface area contributed by atoms with Gasteiger partial charge in [0.05, 0.1) is 10.6 Å². The number of nitrogens with one attached hydrogen (secondary N) is 1. The highest BCUT2D eigenvalue weighted by Gasteiger charge is 2.14. The Morgan fingerprint density at radius 3 is 2.54 bits per heavy atom. The van der Waals surface area contributed by atoms with Crippen LogP contribution in [0.25, 0.3) is 22.0 Å². The van der Waals surface area contributed by atoms with E-state index < -0.39 is 11.9 Å². The van der Waals surface area contributed by atoms with Crippen molar-refractivity contribution in [3.8, 4) is 16.9 Å². The van der Waals surface area contributed by atoms with Gasteiger partial charge in [-0.2, -0.15) is 0 Å². The molecule has 0 saturated heterocycles. The van der Waals surface area contributed by atoms with E-state index in [4.69, 9.17) is 22.1 Å². The SMILES string of the molecule is NC(=O)COc1ccc(-c2cc3c(C(=O)O)c[nH]c3cc2Cl)cc1. The van der Waals surface area contributed by atoms with Crippen molar-refractivity contribution in [2.24, 2.45) is 5.73 Å². The largest absolute Gasteiger partial charge is 0.484 e. The number of halogens is 1. The first kappa shape index (κ1) is 15.9. The van der Waals surface area contributed by atoms with Gasteiger partial charge in [-0.15, -0.1) is 0 Å². The lowest BCUT2D eigenvalue weighted by molar-refractivity contribution is -0.119. The molecule has 122 valence electrons. The second-order valence-corrected chi connectivity index (χ2v) is 5.57. The van der Waals surface area contributed by atoms with Gasteiger partial charge in [0.1, 0.15) is 5.75 Å². The van der Waals surface area contributed by atoms with Crippen molar-refractivity contribution in [3.63, 3.8) is 0 Å². The lowest BCUT2D eigenvalue weighted by atomic mass is 10.0. The Morgan fingerprint density at radius 2 is 1.92 bits per heavy atom. The van der Waals surface area contributed by atoms with Gasteiger partial charge in [-0.3, -0.25) is 4.79 Å². The number of carboxylic acid groups (broad SMARTS) is 1. The molecule has 1 amide bonds. The number of carbonyl (C=O) groups excluding carboxylic acids is 1. The molecule has 0 radical (unpaired) electrons. The first-order valence-electron chi connectivity index (χ1n) is 7.01. The molecule has 24 heavy (non-hydrogen) atoms. The quantitative estimate of drug-likeness (QED) is 0.661. The van der Waals surface area contributed by atoms with Crippen molar-refractivity contribution in [3.05, 3.63) is 53.2 Å². The summed E-state index contributed by atoms with van der Waals surface area (Å²) in [6, 6.07) is 10.3. The Balaban J connectivity index is 1.99. The number of hydrogen-bond acceptors (Lipinski definition) is 3. The highest BCUT2D eigenvalue weighted by molar-refractivity contribution is 6.34. The molecule has 1 heterocycles. The van der Waals surface area contributed by atoms with Crippen LogP contribution in [0.1, 0.15) is 10.4 Å². The van der Waals surface area contributed by atoms with Gasteiger partial charge in [-0.1, -0.05) is 23.7 Å². The number of hydrogen-bond donors (Lipinski definition) is 3. The molecule has 0 bridgehead atoms. The smallest absolute Gasteiger partial charge is 0.337 e. The number of benzene rings is 2. The number of rotatable bonds is 5. The van der Waals surface area contributed by atoms with Gasteiger partial charge >= 0.3 is 5.97 Å². The molecule has 0 aliphatic heterocycles. The molecule has 3 rings (SSSR count). The Morgan fingerprint density at radius 1 is 1.21 bits per heavy atom. The first-order valence-corrected chi connectivity index (χ1v) is 7.39. The molecule has 0 aliphatic rings. The fraction of sp³-hybridized carbons (Fsp3) is 0.0588. The Labute approximate surface area is 141 Å². The maximum absolute atomic E-state index is 11.3. The summed E-state index contributed by atoms with van der Waals surface area (Å²) < 4.78 is 5.21. The molecule has 7 heteroatoms. The normalized spacial score (nSPS) is 10.7. The molecule has 0 fully saturated rings. The van der Waals surface area contributed by atoms with Crippen molar-refractivity contribution in [1.29, 1.82) is 0 Å². The van der Waals surface area contributed by atoms with E-state index in [1.165, 1.54) is 6.20 Å². The number of amides is 1. The van der Waals surface area contributed by atoms with E-state index in [1.54, 1.807) is 36.4 Å². The number of aromatic nitrogens is 1. The summed E-state index contributed by atoms with van der Waals surface area (Å²) in [6.45, 7) is -0.197. The van der Waals surface area contributed by atoms with Crippen LogP contribution >= 0.6 is 11.6 Å². The number of nitrogens with two attached hydrogens (primary N) is 1. The fourth-order valence-electron chi connectivity index (χ4n) is 2.43. The summed E-state index contributed by atoms with van der Waals surface area (Å²) in [7, 11) is 0. The number of ether oxygens (including phenoxy) is 1. The average molecular weight is 345 g/mol. The molecule has 0 spiro atoms. The van der Waals surface area contributed by atoms with Gasteiger partial charge in [0, 0.05) is 22.7 Å². The highest BCUT2D eigenvalue weighted by atomic mass is 35.5. The Hall–Kier alpha value is -2.99. The van der Waals surface area contributed by atoms with Crippen molar-refractivity contribution in [2.75, 3.05) is 6.61 Å². The second-order valence-electron chi connectivity index (χ2n) is 5.16. The van der Waals surface area contributed by atoms with Crippen LogP contribution in [0.5, 0.6) is 5.75 Å². The van der Waals surface area contributed by atoms with Crippen LogP contribution in [-0.4, -0.2) is 28.6 Å². The van der Waals surface area contributed by atoms with Crippen LogP contribution in [0.3, 0.4) is 0 Å². The Bertz CT molecular complexity index is 932. The minimum Gasteiger partial charge on any atom is -0.484 e. The third-order valence-electron chi connectivity index (χ3n) is 3.55. The van der Waals surface area contributed by atoms with Gasteiger partial charge in [0.25, 0.3) is 5.91 Å². The van der Waals surface area contributed by atoms with Crippen LogP contribution in [-0.2, 0) is 4.79 Å². The zero-order valence-corrected chi connectivity index (χ0v) is 13.1. The van der Waals surface area contributed by atoms with Crippen LogP contribution in [0.2, 0.25) is 5.02 Å². The summed E-state index contributed by atoms with van der Waals surface area (Å²) in [5.41, 5.74) is 7.37. The summed E-state index contributed by atoms with van der Waals surface area (Å²) >= 11 is 6.31. The topological polar surface area (TPSA) is 105 Å². The third-order valence-corrected chi connectivity index (χ3v) is 3.86. The van der Waals surface area contributed by atoms with Gasteiger partial charge in [-0.05, 0) is 29.8 Å². The van der Waals surface area contributed by atoms with Crippen LogP contribution < -0.4 is 10.5 Å². The molecule has 0 saturated carbocycles.